The molecule has 1 aromatic heterocycles. The molecular formula is C20H23N3O4. The lowest BCUT2D eigenvalue weighted by Crippen LogP contribution is -2.38. The summed E-state index contributed by atoms with van der Waals surface area (Å²) in [5, 5.41) is 0. The van der Waals surface area contributed by atoms with Crippen LogP contribution in [0.1, 0.15) is 22.5 Å². The average Bonchev–Trinajstić information content (AvgIpc) is 3.22. The Labute approximate surface area is 158 Å². The van der Waals surface area contributed by atoms with Crippen LogP contribution < -0.4 is 9.47 Å². The van der Waals surface area contributed by atoms with Crippen LogP contribution in [0, 0.1) is 0 Å². The Hall–Kier alpha value is -2.96. The monoisotopic (exact) mass is 369 g/mol. The van der Waals surface area contributed by atoms with Crippen LogP contribution >= 0.6 is 0 Å². The third kappa shape index (κ3) is 3.63. The number of carbonyl (C=O) groups is 2. The summed E-state index contributed by atoms with van der Waals surface area (Å²) in [4.78, 5) is 29.1. The fraction of sp³-hybridized carbons (Fsp3) is 0.400. The number of aromatic nitrogens is 1. The van der Waals surface area contributed by atoms with E-state index in [2.05, 4.69) is 0 Å². The van der Waals surface area contributed by atoms with Gasteiger partial charge in [-0.1, -0.05) is 6.07 Å². The number of carbonyl (C=O) groups excluding carboxylic acids is 2. The lowest BCUT2D eigenvalue weighted by Gasteiger charge is -2.22. The van der Waals surface area contributed by atoms with Gasteiger partial charge in [0.15, 0.2) is 11.5 Å². The van der Waals surface area contributed by atoms with Crippen molar-refractivity contribution >= 4 is 11.8 Å². The van der Waals surface area contributed by atoms with Gasteiger partial charge in [-0.2, -0.15) is 0 Å². The second-order valence-electron chi connectivity index (χ2n) is 6.90. The normalized spacial score (nSPS) is 16.3. The van der Waals surface area contributed by atoms with Gasteiger partial charge in [0.05, 0.1) is 6.42 Å². The minimum atomic E-state index is 0.0209. The van der Waals surface area contributed by atoms with Crippen molar-refractivity contribution in [3.8, 4) is 11.5 Å². The maximum Gasteiger partial charge on any atom is 0.270 e. The van der Waals surface area contributed by atoms with Crippen LogP contribution in [-0.2, 0) is 18.3 Å². The zero-order valence-electron chi connectivity index (χ0n) is 15.4. The first kappa shape index (κ1) is 17.5. The molecule has 0 N–H and O–H groups in total. The highest BCUT2D eigenvalue weighted by Crippen LogP contribution is 2.32. The quantitative estimate of drug-likeness (QED) is 0.826. The molecule has 27 heavy (non-hydrogen) atoms. The molecule has 0 bridgehead atoms. The number of fused-ring (bicyclic) bond motifs is 1. The molecule has 1 aromatic carbocycles. The van der Waals surface area contributed by atoms with Crippen molar-refractivity contribution in [3.05, 3.63) is 47.8 Å². The predicted molar refractivity (Wildman–Crippen MR) is 98.8 cm³/mol. The largest absolute Gasteiger partial charge is 0.454 e. The molecule has 2 aliphatic heterocycles. The molecule has 3 heterocycles. The highest BCUT2D eigenvalue weighted by atomic mass is 16.7. The van der Waals surface area contributed by atoms with E-state index in [1.54, 1.807) is 0 Å². The summed E-state index contributed by atoms with van der Waals surface area (Å²) in [6.45, 7) is 2.67. The summed E-state index contributed by atoms with van der Waals surface area (Å²) < 4.78 is 12.5. The maximum atomic E-state index is 12.7. The molecule has 4 rings (SSSR count). The second-order valence-corrected chi connectivity index (χ2v) is 6.90. The van der Waals surface area contributed by atoms with Gasteiger partial charge in [0.1, 0.15) is 5.69 Å². The van der Waals surface area contributed by atoms with Crippen LogP contribution in [0.15, 0.2) is 36.5 Å². The summed E-state index contributed by atoms with van der Waals surface area (Å²) in [5.74, 6) is 1.50. The van der Waals surface area contributed by atoms with E-state index in [9.17, 15) is 9.59 Å². The first-order valence-electron chi connectivity index (χ1n) is 9.19. The third-order valence-electron chi connectivity index (χ3n) is 5.09. The van der Waals surface area contributed by atoms with Crippen LogP contribution in [0.25, 0.3) is 0 Å². The summed E-state index contributed by atoms with van der Waals surface area (Å²) in [6.07, 6.45) is 2.97. The summed E-state index contributed by atoms with van der Waals surface area (Å²) in [7, 11) is 1.87. The predicted octanol–water partition coefficient (Wildman–Crippen LogP) is 1.67. The fourth-order valence-electron chi connectivity index (χ4n) is 3.55. The maximum absolute atomic E-state index is 12.7. The molecule has 1 saturated heterocycles. The number of aryl methyl sites for hydroxylation is 1. The first-order chi connectivity index (χ1) is 13.1. The minimum absolute atomic E-state index is 0.0209. The van der Waals surface area contributed by atoms with E-state index >= 15 is 0 Å². The zero-order valence-corrected chi connectivity index (χ0v) is 15.4. The van der Waals surface area contributed by atoms with E-state index in [-0.39, 0.29) is 18.6 Å². The van der Waals surface area contributed by atoms with Crippen molar-refractivity contribution < 1.29 is 19.1 Å². The Bertz CT molecular complexity index is 861. The molecule has 2 aliphatic rings. The van der Waals surface area contributed by atoms with Crippen LogP contribution in [0.3, 0.4) is 0 Å². The van der Waals surface area contributed by atoms with Crippen LogP contribution in [0.4, 0.5) is 0 Å². The first-order valence-corrected chi connectivity index (χ1v) is 9.19. The van der Waals surface area contributed by atoms with Crippen LogP contribution in [0.2, 0.25) is 0 Å². The molecular weight excluding hydrogens is 346 g/mol. The summed E-state index contributed by atoms with van der Waals surface area (Å²) in [6, 6.07) is 9.30. The standard InChI is InChI=1S/C20H23N3O4/c1-21-7-2-4-16(21)20(25)23-9-3-8-22(10-11-23)19(24)13-15-5-6-17-18(12-15)27-14-26-17/h2,4-7,12H,3,8-11,13-14H2,1H3. The van der Waals surface area contributed by atoms with Gasteiger partial charge in [-0.3, -0.25) is 9.59 Å². The molecule has 2 aromatic rings. The number of hydrogen-bond donors (Lipinski definition) is 0. The molecule has 7 heteroatoms. The molecule has 2 amide bonds. The van der Waals surface area contributed by atoms with Crippen molar-refractivity contribution in [2.75, 3.05) is 33.0 Å². The molecule has 7 nitrogen and oxygen atoms in total. The number of ether oxygens (including phenoxy) is 2. The number of nitrogens with zero attached hydrogens (tertiary/aromatic N) is 3. The van der Waals surface area contributed by atoms with E-state index in [0.29, 0.717) is 44.0 Å². The van der Waals surface area contributed by atoms with Gasteiger partial charge in [-0.05, 0) is 36.2 Å². The lowest BCUT2D eigenvalue weighted by atomic mass is 10.1. The third-order valence-corrected chi connectivity index (χ3v) is 5.09. The Morgan fingerprint density at radius 1 is 1.00 bits per heavy atom. The van der Waals surface area contributed by atoms with Crippen molar-refractivity contribution in [1.29, 1.82) is 0 Å². The highest BCUT2D eigenvalue weighted by Gasteiger charge is 2.24. The van der Waals surface area contributed by atoms with Gasteiger partial charge in [0.25, 0.3) is 5.91 Å². The molecule has 0 radical (unpaired) electrons. The topological polar surface area (TPSA) is 64.0 Å². The molecule has 0 spiro atoms. The summed E-state index contributed by atoms with van der Waals surface area (Å²) >= 11 is 0. The van der Waals surface area contributed by atoms with Crippen LogP contribution in [0.5, 0.6) is 11.5 Å². The van der Waals surface area contributed by atoms with Crippen LogP contribution in [-0.4, -0.2) is 59.2 Å². The molecule has 0 aliphatic carbocycles. The van der Waals surface area contributed by atoms with Crippen molar-refractivity contribution in [2.45, 2.75) is 12.8 Å². The molecule has 0 saturated carbocycles. The number of amides is 2. The second kappa shape index (κ2) is 7.34. The Morgan fingerprint density at radius 3 is 2.59 bits per heavy atom. The van der Waals surface area contributed by atoms with Gasteiger partial charge in [0.2, 0.25) is 12.7 Å². The lowest BCUT2D eigenvalue weighted by molar-refractivity contribution is -0.130. The zero-order chi connectivity index (χ0) is 18.8. The molecule has 0 unspecified atom stereocenters. The molecule has 142 valence electrons. The SMILES string of the molecule is Cn1cccc1C(=O)N1CCCN(C(=O)Cc2ccc3c(c2)OCO3)CC1. The number of benzene rings is 1. The molecule has 1 fully saturated rings. The van der Waals surface area contributed by atoms with E-state index in [1.807, 2.05) is 57.9 Å². The van der Waals surface area contributed by atoms with Gasteiger partial charge < -0.3 is 23.8 Å². The average molecular weight is 369 g/mol. The Kier molecular flexibility index (Phi) is 4.75. The number of rotatable bonds is 3. The smallest absolute Gasteiger partial charge is 0.270 e. The number of hydrogen-bond acceptors (Lipinski definition) is 4. The van der Waals surface area contributed by atoms with Gasteiger partial charge in [-0.15, -0.1) is 0 Å². The minimum Gasteiger partial charge on any atom is -0.454 e. The van der Waals surface area contributed by atoms with Gasteiger partial charge in [-0.25, -0.2) is 0 Å². The van der Waals surface area contributed by atoms with Crippen molar-refractivity contribution in [2.24, 2.45) is 7.05 Å². The Morgan fingerprint density at radius 2 is 1.78 bits per heavy atom. The Balaban J connectivity index is 1.37. The van der Waals surface area contributed by atoms with Gasteiger partial charge in [0, 0.05) is 39.4 Å². The van der Waals surface area contributed by atoms with E-state index < -0.39 is 0 Å². The van der Waals surface area contributed by atoms with Gasteiger partial charge >= 0.3 is 0 Å². The van der Waals surface area contributed by atoms with E-state index in [4.69, 9.17) is 9.47 Å². The van der Waals surface area contributed by atoms with Crippen molar-refractivity contribution in [3.63, 3.8) is 0 Å². The van der Waals surface area contributed by atoms with Crippen molar-refractivity contribution in [1.82, 2.24) is 14.4 Å². The fourth-order valence-corrected chi connectivity index (χ4v) is 3.55. The summed E-state index contributed by atoms with van der Waals surface area (Å²) in [5.41, 5.74) is 1.58. The highest BCUT2D eigenvalue weighted by molar-refractivity contribution is 5.92. The van der Waals surface area contributed by atoms with E-state index in [0.717, 1.165) is 17.7 Å². The van der Waals surface area contributed by atoms with E-state index in [1.165, 1.54) is 0 Å². The molecule has 0 atom stereocenters.